The van der Waals surface area contributed by atoms with Crippen molar-refractivity contribution in [2.75, 3.05) is 26.7 Å². The summed E-state index contributed by atoms with van der Waals surface area (Å²) in [5, 5.41) is 3.16. The molecule has 1 aromatic rings. The van der Waals surface area contributed by atoms with Gasteiger partial charge in [0.2, 0.25) is 5.91 Å². The third-order valence-corrected chi connectivity index (χ3v) is 3.44. The van der Waals surface area contributed by atoms with Gasteiger partial charge < -0.3 is 15.0 Å². The molecule has 19 heavy (non-hydrogen) atoms. The van der Waals surface area contributed by atoms with Gasteiger partial charge in [0.25, 0.3) is 0 Å². The Bertz CT molecular complexity index is 420. The van der Waals surface area contributed by atoms with Crippen molar-refractivity contribution >= 4 is 21.8 Å². The highest BCUT2D eigenvalue weighted by Gasteiger charge is 2.09. The summed E-state index contributed by atoms with van der Waals surface area (Å²) in [5.41, 5.74) is 1.03. The molecular formula is C14H21BrN2O2. The van der Waals surface area contributed by atoms with E-state index >= 15 is 0 Å². The Balaban J connectivity index is 2.53. The summed E-state index contributed by atoms with van der Waals surface area (Å²) in [7, 11) is 1.65. The number of nitrogens with one attached hydrogen (secondary N) is 1. The molecule has 1 rings (SSSR count). The average Bonchev–Trinajstić information content (AvgIpc) is 2.40. The quantitative estimate of drug-likeness (QED) is 0.835. The lowest BCUT2D eigenvalue weighted by molar-refractivity contribution is -0.129. The zero-order chi connectivity index (χ0) is 14.3. The molecule has 0 radical (unpaired) electrons. The number of halogens is 1. The maximum atomic E-state index is 11.8. The van der Waals surface area contributed by atoms with Gasteiger partial charge in [0.1, 0.15) is 5.75 Å². The Morgan fingerprint density at radius 3 is 2.63 bits per heavy atom. The van der Waals surface area contributed by atoms with Crippen LogP contribution in [0, 0.1) is 0 Å². The highest BCUT2D eigenvalue weighted by molar-refractivity contribution is 9.10. The molecule has 0 bridgehead atoms. The van der Waals surface area contributed by atoms with E-state index < -0.39 is 0 Å². The number of hydrogen-bond donors (Lipinski definition) is 1. The van der Waals surface area contributed by atoms with Gasteiger partial charge in [-0.05, 0) is 32.0 Å². The third-order valence-electron chi connectivity index (χ3n) is 2.95. The van der Waals surface area contributed by atoms with Crippen LogP contribution < -0.4 is 10.1 Å². The van der Waals surface area contributed by atoms with Crippen molar-refractivity contribution in [2.45, 2.75) is 20.4 Å². The van der Waals surface area contributed by atoms with Crippen molar-refractivity contribution < 1.29 is 9.53 Å². The second kappa shape index (κ2) is 8.17. The van der Waals surface area contributed by atoms with E-state index in [0.29, 0.717) is 13.1 Å². The third kappa shape index (κ3) is 4.84. The van der Waals surface area contributed by atoms with Crippen LogP contribution in [-0.4, -0.2) is 37.6 Å². The lowest BCUT2D eigenvalue weighted by atomic mass is 10.2. The molecule has 0 saturated heterocycles. The molecule has 0 unspecified atom stereocenters. The van der Waals surface area contributed by atoms with Crippen LogP contribution in [0.2, 0.25) is 0 Å². The van der Waals surface area contributed by atoms with Crippen molar-refractivity contribution in [2.24, 2.45) is 0 Å². The molecule has 0 heterocycles. The second-order valence-electron chi connectivity index (χ2n) is 4.13. The molecule has 0 fully saturated rings. The van der Waals surface area contributed by atoms with Crippen molar-refractivity contribution in [3.8, 4) is 5.75 Å². The average molecular weight is 329 g/mol. The van der Waals surface area contributed by atoms with E-state index in [1.54, 1.807) is 7.11 Å². The molecule has 0 aromatic heterocycles. The number of ether oxygens (including phenoxy) is 1. The number of nitrogens with zero attached hydrogens (tertiary/aromatic N) is 1. The van der Waals surface area contributed by atoms with Gasteiger partial charge >= 0.3 is 0 Å². The fourth-order valence-corrected chi connectivity index (χ4v) is 2.29. The van der Waals surface area contributed by atoms with Gasteiger partial charge in [-0.1, -0.05) is 15.9 Å². The molecule has 1 amide bonds. The van der Waals surface area contributed by atoms with E-state index in [-0.39, 0.29) is 5.91 Å². The smallest absolute Gasteiger partial charge is 0.236 e. The molecule has 0 aliphatic carbocycles. The molecule has 1 aromatic carbocycles. The van der Waals surface area contributed by atoms with Gasteiger partial charge in [0.15, 0.2) is 0 Å². The van der Waals surface area contributed by atoms with Gasteiger partial charge in [0, 0.05) is 29.7 Å². The molecule has 0 saturated carbocycles. The first-order valence-electron chi connectivity index (χ1n) is 6.43. The number of hydrogen-bond acceptors (Lipinski definition) is 3. The number of carbonyl (C=O) groups is 1. The monoisotopic (exact) mass is 328 g/mol. The molecule has 5 heteroatoms. The van der Waals surface area contributed by atoms with E-state index in [0.717, 1.165) is 28.9 Å². The van der Waals surface area contributed by atoms with Crippen LogP contribution in [0.25, 0.3) is 0 Å². The topological polar surface area (TPSA) is 41.6 Å². The summed E-state index contributed by atoms with van der Waals surface area (Å²) in [6, 6.07) is 5.84. The Morgan fingerprint density at radius 2 is 2.05 bits per heavy atom. The Morgan fingerprint density at radius 1 is 1.37 bits per heavy atom. The summed E-state index contributed by atoms with van der Waals surface area (Å²) in [6.07, 6.45) is 0. The number of benzene rings is 1. The van der Waals surface area contributed by atoms with Gasteiger partial charge in [-0.15, -0.1) is 0 Å². The highest BCUT2D eigenvalue weighted by Crippen LogP contribution is 2.22. The molecule has 0 atom stereocenters. The van der Waals surface area contributed by atoms with Gasteiger partial charge in [0.05, 0.1) is 13.7 Å². The lowest BCUT2D eigenvalue weighted by Crippen LogP contribution is -2.37. The fraction of sp³-hybridized carbons (Fsp3) is 0.500. The second-order valence-corrected chi connectivity index (χ2v) is 5.04. The predicted molar refractivity (Wildman–Crippen MR) is 80.3 cm³/mol. The normalized spacial score (nSPS) is 10.3. The first-order valence-corrected chi connectivity index (χ1v) is 7.22. The van der Waals surface area contributed by atoms with Crippen LogP contribution in [0.5, 0.6) is 5.75 Å². The Hall–Kier alpha value is -1.07. The minimum absolute atomic E-state index is 0.124. The summed E-state index contributed by atoms with van der Waals surface area (Å²) < 4.78 is 6.29. The van der Waals surface area contributed by atoms with Crippen molar-refractivity contribution in [3.63, 3.8) is 0 Å². The van der Waals surface area contributed by atoms with Crippen LogP contribution in [0.15, 0.2) is 22.7 Å². The van der Waals surface area contributed by atoms with E-state index in [9.17, 15) is 4.79 Å². The summed E-state index contributed by atoms with van der Waals surface area (Å²) >= 11 is 3.43. The molecule has 0 aliphatic rings. The van der Waals surface area contributed by atoms with Crippen LogP contribution in [0.1, 0.15) is 19.4 Å². The molecule has 0 spiro atoms. The standard InChI is InChI=1S/C14H21BrN2O2/c1-4-17(5-2)14(18)10-16-9-11-8-12(15)6-7-13(11)19-3/h6-8,16H,4-5,9-10H2,1-3H3. The number of likely N-dealkylation sites (N-methyl/N-ethyl adjacent to an activating group) is 1. The van der Waals surface area contributed by atoms with Crippen LogP contribution in [0.3, 0.4) is 0 Å². The van der Waals surface area contributed by atoms with Gasteiger partial charge in [-0.3, -0.25) is 4.79 Å². The number of amides is 1. The first kappa shape index (κ1) is 16.0. The SMILES string of the molecule is CCN(CC)C(=O)CNCc1cc(Br)ccc1OC. The largest absolute Gasteiger partial charge is 0.496 e. The maximum absolute atomic E-state index is 11.8. The summed E-state index contributed by atoms with van der Waals surface area (Å²) in [5.74, 6) is 0.949. The number of methoxy groups -OCH3 is 1. The lowest BCUT2D eigenvalue weighted by Gasteiger charge is -2.19. The fourth-order valence-electron chi connectivity index (χ4n) is 1.88. The van der Waals surface area contributed by atoms with Crippen LogP contribution >= 0.6 is 15.9 Å². The van der Waals surface area contributed by atoms with E-state index in [1.807, 2.05) is 36.9 Å². The van der Waals surface area contributed by atoms with E-state index in [4.69, 9.17) is 4.74 Å². The van der Waals surface area contributed by atoms with Crippen molar-refractivity contribution in [1.29, 1.82) is 0 Å². The van der Waals surface area contributed by atoms with E-state index in [1.165, 1.54) is 0 Å². The molecule has 0 aliphatic heterocycles. The first-order chi connectivity index (χ1) is 9.12. The minimum atomic E-state index is 0.124. The molecule has 106 valence electrons. The predicted octanol–water partition coefficient (Wildman–Crippen LogP) is 2.42. The van der Waals surface area contributed by atoms with Crippen LogP contribution in [0.4, 0.5) is 0 Å². The summed E-state index contributed by atoms with van der Waals surface area (Å²) in [6.45, 7) is 6.42. The molecule has 1 N–H and O–H groups in total. The van der Waals surface area contributed by atoms with Gasteiger partial charge in [-0.2, -0.15) is 0 Å². The maximum Gasteiger partial charge on any atom is 0.236 e. The van der Waals surface area contributed by atoms with Crippen molar-refractivity contribution in [1.82, 2.24) is 10.2 Å². The minimum Gasteiger partial charge on any atom is -0.496 e. The Kier molecular flexibility index (Phi) is 6.87. The molecule has 4 nitrogen and oxygen atoms in total. The zero-order valence-corrected chi connectivity index (χ0v) is 13.3. The van der Waals surface area contributed by atoms with Gasteiger partial charge in [-0.25, -0.2) is 0 Å². The Labute approximate surface area is 123 Å². The zero-order valence-electron chi connectivity index (χ0n) is 11.7. The van der Waals surface area contributed by atoms with Crippen molar-refractivity contribution in [3.05, 3.63) is 28.2 Å². The highest BCUT2D eigenvalue weighted by atomic mass is 79.9. The number of rotatable bonds is 7. The molecular weight excluding hydrogens is 308 g/mol. The summed E-state index contributed by atoms with van der Waals surface area (Å²) in [4.78, 5) is 13.7. The van der Waals surface area contributed by atoms with Crippen LogP contribution in [-0.2, 0) is 11.3 Å². The number of carbonyl (C=O) groups excluding carboxylic acids is 1. The van der Waals surface area contributed by atoms with E-state index in [2.05, 4.69) is 21.2 Å².